The molecule has 2 heterocycles. The van der Waals surface area contributed by atoms with Crippen molar-refractivity contribution in [2.24, 2.45) is 0 Å². The molecule has 0 aliphatic carbocycles. The predicted octanol–water partition coefficient (Wildman–Crippen LogP) is 2.51. The van der Waals surface area contributed by atoms with Gasteiger partial charge in [-0.3, -0.25) is 4.79 Å². The first-order chi connectivity index (χ1) is 7.20. The van der Waals surface area contributed by atoms with E-state index >= 15 is 0 Å². The summed E-state index contributed by atoms with van der Waals surface area (Å²) < 4.78 is 0. The lowest BCUT2D eigenvalue weighted by Crippen LogP contribution is -2.25. The van der Waals surface area contributed by atoms with Gasteiger partial charge < -0.3 is 4.90 Å². The van der Waals surface area contributed by atoms with Gasteiger partial charge in [-0.05, 0) is 23.6 Å². The molecule has 0 saturated heterocycles. The van der Waals surface area contributed by atoms with Gasteiger partial charge in [0, 0.05) is 6.92 Å². The average Bonchev–Trinajstić information content (AvgIpc) is 2.73. The topological polar surface area (TPSA) is 20.3 Å². The number of benzene rings is 1. The molecule has 2 aliphatic heterocycles. The highest BCUT2D eigenvalue weighted by Gasteiger charge is 2.41. The van der Waals surface area contributed by atoms with E-state index in [0.29, 0.717) is 0 Å². The van der Waals surface area contributed by atoms with E-state index in [2.05, 4.69) is 37.3 Å². The Kier molecular flexibility index (Phi) is 1.58. The minimum atomic E-state index is 0.158. The van der Waals surface area contributed by atoms with Crippen LogP contribution >= 0.6 is 0 Å². The van der Waals surface area contributed by atoms with Crippen LogP contribution in [0.25, 0.3) is 0 Å². The van der Waals surface area contributed by atoms with Crippen LogP contribution in [0.1, 0.15) is 35.7 Å². The van der Waals surface area contributed by atoms with Gasteiger partial charge in [0.25, 0.3) is 0 Å². The lowest BCUT2D eigenvalue weighted by molar-refractivity contribution is -0.130. The normalized spacial score (nSPS) is 25.9. The van der Waals surface area contributed by atoms with E-state index in [9.17, 15) is 4.79 Å². The number of aryl methyl sites for hydroxylation is 1. The molecule has 0 aromatic heterocycles. The molecular weight excluding hydrogens is 186 g/mol. The van der Waals surface area contributed by atoms with E-state index in [1.807, 2.05) is 4.90 Å². The second-order valence-electron chi connectivity index (χ2n) is 4.28. The molecule has 1 aromatic rings. The van der Waals surface area contributed by atoms with Gasteiger partial charge in [0.1, 0.15) is 0 Å². The molecule has 0 saturated carbocycles. The van der Waals surface area contributed by atoms with Crippen LogP contribution in [0.5, 0.6) is 0 Å². The third kappa shape index (κ3) is 0.965. The van der Waals surface area contributed by atoms with Gasteiger partial charge in [-0.2, -0.15) is 0 Å². The van der Waals surface area contributed by atoms with Gasteiger partial charge in [-0.15, -0.1) is 0 Å². The summed E-state index contributed by atoms with van der Waals surface area (Å²) in [7, 11) is 0. The van der Waals surface area contributed by atoms with Crippen LogP contribution in [0.2, 0.25) is 0 Å². The molecule has 0 spiro atoms. The number of fused-ring (bicyclic) bond motifs is 5. The van der Waals surface area contributed by atoms with Crippen LogP contribution in [0, 0.1) is 6.92 Å². The van der Waals surface area contributed by atoms with Gasteiger partial charge >= 0.3 is 0 Å². The summed E-state index contributed by atoms with van der Waals surface area (Å²) in [5.41, 5.74) is 3.92. The number of carbonyl (C=O) groups is 1. The Hall–Kier alpha value is -1.57. The summed E-state index contributed by atoms with van der Waals surface area (Å²) in [6, 6.07) is 6.69. The van der Waals surface area contributed by atoms with Crippen LogP contribution in [0.3, 0.4) is 0 Å². The maximum Gasteiger partial charge on any atom is 0.220 e. The molecule has 2 bridgehead atoms. The number of carbonyl (C=O) groups excluding carboxylic acids is 1. The van der Waals surface area contributed by atoms with Crippen molar-refractivity contribution in [3.05, 3.63) is 47.0 Å². The third-order valence-corrected chi connectivity index (χ3v) is 3.41. The smallest absolute Gasteiger partial charge is 0.220 e. The Balaban J connectivity index is 2.19. The zero-order valence-electron chi connectivity index (χ0n) is 8.90. The molecular formula is C13H13NO. The number of hydrogen-bond acceptors (Lipinski definition) is 1. The fraction of sp³-hybridized carbons (Fsp3) is 0.308. The number of amides is 1. The van der Waals surface area contributed by atoms with Crippen molar-refractivity contribution in [2.45, 2.75) is 25.9 Å². The highest BCUT2D eigenvalue weighted by Crippen LogP contribution is 2.49. The largest absolute Gasteiger partial charge is 0.322 e. The van der Waals surface area contributed by atoms with Crippen molar-refractivity contribution >= 4 is 5.91 Å². The lowest BCUT2D eigenvalue weighted by atomic mass is 9.93. The average molecular weight is 199 g/mol. The first-order valence-corrected chi connectivity index (χ1v) is 5.27. The molecule has 1 aromatic carbocycles. The van der Waals surface area contributed by atoms with Crippen molar-refractivity contribution in [3.8, 4) is 0 Å². The van der Waals surface area contributed by atoms with Crippen molar-refractivity contribution in [2.75, 3.05) is 0 Å². The summed E-state index contributed by atoms with van der Waals surface area (Å²) >= 11 is 0. The Morgan fingerprint density at radius 3 is 2.67 bits per heavy atom. The minimum Gasteiger partial charge on any atom is -0.322 e. The van der Waals surface area contributed by atoms with E-state index < -0.39 is 0 Å². The minimum absolute atomic E-state index is 0.158. The van der Waals surface area contributed by atoms with Gasteiger partial charge in [0.05, 0.1) is 12.1 Å². The first kappa shape index (κ1) is 8.72. The quantitative estimate of drug-likeness (QED) is 0.588. The molecule has 76 valence electrons. The molecule has 2 nitrogen and oxygen atoms in total. The van der Waals surface area contributed by atoms with Gasteiger partial charge in [-0.1, -0.05) is 30.4 Å². The maximum absolute atomic E-state index is 11.6. The third-order valence-electron chi connectivity index (χ3n) is 3.41. The fourth-order valence-electron chi connectivity index (χ4n) is 2.81. The van der Waals surface area contributed by atoms with E-state index in [1.54, 1.807) is 6.92 Å². The van der Waals surface area contributed by atoms with Crippen molar-refractivity contribution in [1.82, 2.24) is 4.90 Å². The van der Waals surface area contributed by atoms with Crippen LogP contribution in [-0.4, -0.2) is 10.8 Å². The molecule has 2 heteroatoms. The second-order valence-corrected chi connectivity index (χ2v) is 4.28. The second kappa shape index (κ2) is 2.72. The SMILES string of the molecule is CC(=O)N1[C@@H]2C=C[C@H]1c1c(C)cccc12. The van der Waals surface area contributed by atoms with Crippen LogP contribution in [-0.2, 0) is 4.79 Å². The lowest BCUT2D eigenvalue weighted by Gasteiger charge is -2.20. The zero-order chi connectivity index (χ0) is 10.6. The van der Waals surface area contributed by atoms with Crippen molar-refractivity contribution in [1.29, 1.82) is 0 Å². The van der Waals surface area contributed by atoms with E-state index in [-0.39, 0.29) is 18.0 Å². The van der Waals surface area contributed by atoms with E-state index in [4.69, 9.17) is 0 Å². The zero-order valence-corrected chi connectivity index (χ0v) is 8.90. The van der Waals surface area contributed by atoms with Gasteiger partial charge in [0.2, 0.25) is 5.91 Å². The fourth-order valence-corrected chi connectivity index (χ4v) is 2.81. The number of nitrogens with zero attached hydrogens (tertiary/aromatic N) is 1. The summed E-state index contributed by atoms with van der Waals surface area (Å²) in [5.74, 6) is 0.158. The molecule has 0 N–H and O–H groups in total. The molecule has 0 radical (unpaired) electrons. The highest BCUT2D eigenvalue weighted by atomic mass is 16.2. The highest BCUT2D eigenvalue weighted by molar-refractivity contribution is 5.78. The van der Waals surface area contributed by atoms with Crippen molar-refractivity contribution < 1.29 is 4.79 Å². The summed E-state index contributed by atoms with van der Waals surface area (Å²) in [6.45, 7) is 3.76. The monoisotopic (exact) mass is 199 g/mol. The molecule has 2 atom stereocenters. The number of hydrogen-bond donors (Lipinski definition) is 0. The molecule has 15 heavy (non-hydrogen) atoms. The Bertz CT molecular complexity index is 475. The Morgan fingerprint density at radius 2 is 2.00 bits per heavy atom. The Morgan fingerprint density at radius 1 is 1.27 bits per heavy atom. The standard InChI is InChI=1S/C13H13NO/c1-8-4-3-5-10-11-6-7-12(13(8)10)14(11)9(2)15/h3-7,11-12H,1-2H3/t11-,12+/m1/s1. The molecule has 2 aliphatic rings. The van der Waals surface area contributed by atoms with Gasteiger partial charge in [-0.25, -0.2) is 0 Å². The van der Waals surface area contributed by atoms with Crippen LogP contribution in [0.4, 0.5) is 0 Å². The summed E-state index contributed by atoms with van der Waals surface area (Å²) in [5, 5.41) is 0. The van der Waals surface area contributed by atoms with Crippen molar-refractivity contribution in [3.63, 3.8) is 0 Å². The first-order valence-electron chi connectivity index (χ1n) is 5.27. The maximum atomic E-state index is 11.6. The number of rotatable bonds is 0. The Labute approximate surface area is 89.2 Å². The molecule has 0 fully saturated rings. The van der Waals surface area contributed by atoms with Gasteiger partial charge in [0.15, 0.2) is 0 Å². The molecule has 1 amide bonds. The van der Waals surface area contributed by atoms with Crippen LogP contribution < -0.4 is 0 Å². The van der Waals surface area contributed by atoms with E-state index in [0.717, 1.165) is 0 Å². The summed E-state index contributed by atoms with van der Waals surface area (Å²) in [6.07, 6.45) is 4.27. The molecule has 3 rings (SSSR count). The van der Waals surface area contributed by atoms with E-state index in [1.165, 1.54) is 16.7 Å². The molecule has 0 unspecified atom stereocenters. The summed E-state index contributed by atoms with van der Waals surface area (Å²) in [4.78, 5) is 13.5. The predicted molar refractivity (Wildman–Crippen MR) is 58.3 cm³/mol. The van der Waals surface area contributed by atoms with Crippen LogP contribution in [0.15, 0.2) is 30.4 Å².